The number of rotatable bonds is 3. The summed E-state index contributed by atoms with van der Waals surface area (Å²) in [4.78, 5) is 2.40. The van der Waals surface area contributed by atoms with Gasteiger partial charge in [0.05, 0.1) is 11.4 Å². The first-order chi connectivity index (χ1) is 18.8. The van der Waals surface area contributed by atoms with Crippen LogP contribution in [0, 0.1) is 0 Å². The fourth-order valence-corrected chi connectivity index (χ4v) is 5.85. The molecule has 0 aliphatic rings. The largest absolute Gasteiger partial charge is 0.455 e. The second kappa shape index (κ2) is 8.22. The van der Waals surface area contributed by atoms with Gasteiger partial charge in [-0.05, 0) is 58.6 Å². The normalized spacial score (nSPS) is 11.7. The first-order valence-electron chi connectivity index (χ1n) is 12.9. The molecule has 0 aliphatic carbocycles. The SMILES string of the molecule is c1ccc2c(N(c3ccc4c(ccc5c6ccccc6oc45)c3)c3cccc4ccccc34)cccc2c1. The molecule has 0 bridgehead atoms. The van der Waals surface area contributed by atoms with E-state index in [1.54, 1.807) is 0 Å². The number of para-hydroxylation sites is 1. The Morgan fingerprint density at radius 2 is 0.974 bits per heavy atom. The Bertz CT molecular complexity index is 2060. The highest BCUT2D eigenvalue weighted by atomic mass is 16.3. The Balaban J connectivity index is 1.42. The van der Waals surface area contributed by atoms with Gasteiger partial charge in [0, 0.05) is 32.6 Å². The van der Waals surface area contributed by atoms with Gasteiger partial charge in [-0.2, -0.15) is 0 Å². The lowest BCUT2D eigenvalue weighted by Crippen LogP contribution is -2.11. The fourth-order valence-electron chi connectivity index (χ4n) is 5.85. The van der Waals surface area contributed by atoms with E-state index in [0.29, 0.717) is 0 Å². The highest BCUT2D eigenvalue weighted by molar-refractivity contribution is 6.16. The van der Waals surface area contributed by atoms with E-state index < -0.39 is 0 Å². The molecule has 7 aromatic carbocycles. The lowest BCUT2D eigenvalue weighted by molar-refractivity contribution is 0.672. The smallest absolute Gasteiger partial charge is 0.143 e. The summed E-state index contributed by atoms with van der Waals surface area (Å²) in [6.45, 7) is 0. The summed E-state index contributed by atoms with van der Waals surface area (Å²) in [5, 5.41) is 9.46. The molecule has 178 valence electrons. The third-order valence-electron chi connectivity index (χ3n) is 7.62. The minimum atomic E-state index is 0.923. The standard InChI is InChI=1S/C36H23NO/c1-3-13-28-24(9-1)11-7-16-33(28)37(34-17-8-12-25-10-2-4-14-29(25)34)27-20-22-30-26(23-27)19-21-32-31-15-5-6-18-35(31)38-36(30)32/h1-23H. The number of anilines is 3. The molecule has 38 heavy (non-hydrogen) atoms. The molecule has 8 rings (SSSR count). The second-order valence-electron chi connectivity index (χ2n) is 9.78. The van der Waals surface area contributed by atoms with Crippen LogP contribution < -0.4 is 4.90 Å². The van der Waals surface area contributed by atoms with Crippen LogP contribution in [0.1, 0.15) is 0 Å². The molecule has 0 unspecified atom stereocenters. The van der Waals surface area contributed by atoms with Crippen molar-refractivity contribution in [2.75, 3.05) is 4.90 Å². The van der Waals surface area contributed by atoms with E-state index >= 15 is 0 Å². The molecule has 0 radical (unpaired) electrons. The van der Waals surface area contributed by atoms with Gasteiger partial charge in [-0.25, -0.2) is 0 Å². The van der Waals surface area contributed by atoms with Crippen molar-refractivity contribution in [3.05, 3.63) is 140 Å². The highest BCUT2D eigenvalue weighted by Crippen LogP contribution is 2.43. The van der Waals surface area contributed by atoms with E-state index in [-0.39, 0.29) is 0 Å². The average Bonchev–Trinajstić information content (AvgIpc) is 3.37. The van der Waals surface area contributed by atoms with Crippen LogP contribution in [0.4, 0.5) is 17.1 Å². The van der Waals surface area contributed by atoms with Gasteiger partial charge in [0.1, 0.15) is 11.2 Å². The Hall–Kier alpha value is -5.08. The Labute approximate surface area is 220 Å². The van der Waals surface area contributed by atoms with Crippen LogP contribution in [-0.4, -0.2) is 0 Å². The Kier molecular flexibility index (Phi) is 4.55. The zero-order chi connectivity index (χ0) is 25.1. The summed E-state index contributed by atoms with van der Waals surface area (Å²) in [5.74, 6) is 0. The monoisotopic (exact) mass is 485 g/mol. The lowest BCUT2D eigenvalue weighted by atomic mass is 10.0. The third kappa shape index (κ3) is 3.14. The summed E-state index contributed by atoms with van der Waals surface area (Å²) in [6.07, 6.45) is 0. The number of fused-ring (bicyclic) bond motifs is 7. The van der Waals surface area contributed by atoms with Crippen LogP contribution in [0.15, 0.2) is 144 Å². The predicted octanol–water partition coefficient (Wildman–Crippen LogP) is 10.5. The predicted molar refractivity (Wildman–Crippen MR) is 161 cm³/mol. The number of nitrogens with zero attached hydrogens (tertiary/aromatic N) is 1. The molecular weight excluding hydrogens is 462 g/mol. The minimum Gasteiger partial charge on any atom is -0.455 e. The highest BCUT2D eigenvalue weighted by Gasteiger charge is 2.19. The first kappa shape index (κ1) is 21.0. The van der Waals surface area contributed by atoms with Crippen LogP contribution in [0.3, 0.4) is 0 Å². The van der Waals surface area contributed by atoms with Gasteiger partial charge in [-0.3, -0.25) is 0 Å². The van der Waals surface area contributed by atoms with E-state index in [4.69, 9.17) is 4.42 Å². The van der Waals surface area contributed by atoms with Crippen LogP contribution in [-0.2, 0) is 0 Å². The molecule has 0 atom stereocenters. The van der Waals surface area contributed by atoms with E-state index in [9.17, 15) is 0 Å². The van der Waals surface area contributed by atoms with Crippen LogP contribution in [0.25, 0.3) is 54.3 Å². The Morgan fingerprint density at radius 3 is 1.68 bits per heavy atom. The molecule has 0 spiro atoms. The van der Waals surface area contributed by atoms with Crippen molar-refractivity contribution in [2.45, 2.75) is 0 Å². The molecule has 1 aromatic heterocycles. The van der Waals surface area contributed by atoms with Crippen molar-refractivity contribution in [3.8, 4) is 0 Å². The quantitative estimate of drug-likeness (QED) is 0.247. The zero-order valence-electron chi connectivity index (χ0n) is 20.6. The molecule has 0 aliphatic heterocycles. The molecule has 0 saturated carbocycles. The van der Waals surface area contributed by atoms with E-state index in [0.717, 1.165) is 49.8 Å². The van der Waals surface area contributed by atoms with E-state index in [2.05, 4.69) is 132 Å². The van der Waals surface area contributed by atoms with Gasteiger partial charge in [-0.1, -0.05) is 97.1 Å². The van der Waals surface area contributed by atoms with Crippen molar-refractivity contribution in [3.63, 3.8) is 0 Å². The molecule has 0 fully saturated rings. The first-order valence-corrected chi connectivity index (χ1v) is 12.9. The summed E-state index contributed by atoms with van der Waals surface area (Å²) in [6, 6.07) is 49.7. The van der Waals surface area contributed by atoms with Crippen molar-refractivity contribution in [1.82, 2.24) is 0 Å². The van der Waals surface area contributed by atoms with Crippen molar-refractivity contribution < 1.29 is 4.42 Å². The molecule has 2 nitrogen and oxygen atoms in total. The molecule has 8 aromatic rings. The van der Waals surface area contributed by atoms with E-state index in [1.807, 2.05) is 12.1 Å². The maximum atomic E-state index is 6.34. The maximum Gasteiger partial charge on any atom is 0.143 e. The van der Waals surface area contributed by atoms with Gasteiger partial charge in [-0.15, -0.1) is 0 Å². The lowest BCUT2D eigenvalue weighted by Gasteiger charge is -2.28. The van der Waals surface area contributed by atoms with Gasteiger partial charge in [0.15, 0.2) is 0 Å². The van der Waals surface area contributed by atoms with Crippen LogP contribution >= 0.6 is 0 Å². The molecule has 0 amide bonds. The fraction of sp³-hybridized carbons (Fsp3) is 0. The van der Waals surface area contributed by atoms with Gasteiger partial charge < -0.3 is 9.32 Å². The molecule has 0 N–H and O–H groups in total. The minimum absolute atomic E-state index is 0.923. The second-order valence-corrected chi connectivity index (χ2v) is 9.78. The number of furan rings is 1. The number of hydrogen-bond acceptors (Lipinski definition) is 2. The van der Waals surface area contributed by atoms with Crippen LogP contribution in [0.2, 0.25) is 0 Å². The van der Waals surface area contributed by atoms with Gasteiger partial charge >= 0.3 is 0 Å². The zero-order valence-corrected chi connectivity index (χ0v) is 20.6. The molecule has 0 saturated heterocycles. The van der Waals surface area contributed by atoms with Crippen LogP contribution in [0.5, 0.6) is 0 Å². The Morgan fingerprint density at radius 1 is 0.395 bits per heavy atom. The average molecular weight is 486 g/mol. The van der Waals surface area contributed by atoms with E-state index in [1.165, 1.54) is 21.5 Å². The van der Waals surface area contributed by atoms with Crippen molar-refractivity contribution in [2.24, 2.45) is 0 Å². The summed E-state index contributed by atoms with van der Waals surface area (Å²) in [5.41, 5.74) is 5.29. The van der Waals surface area contributed by atoms with Gasteiger partial charge in [0.25, 0.3) is 0 Å². The molecule has 2 heteroatoms. The maximum absolute atomic E-state index is 6.34. The number of benzene rings is 7. The van der Waals surface area contributed by atoms with Crippen molar-refractivity contribution in [1.29, 1.82) is 0 Å². The third-order valence-corrected chi connectivity index (χ3v) is 7.62. The summed E-state index contributed by atoms with van der Waals surface area (Å²) >= 11 is 0. The summed E-state index contributed by atoms with van der Waals surface area (Å²) < 4.78 is 6.34. The van der Waals surface area contributed by atoms with Gasteiger partial charge in [0.2, 0.25) is 0 Å². The molecular formula is C36H23NO. The number of hydrogen-bond donors (Lipinski definition) is 0. The van der Waals surface area contributed by atoms with Crippen molar-refractivity contribution >= 4 is 71.3 Å². The summed E-state index contributed by atoms with van der Waals surface area (Å²) in [7, 11) is 0. The topological polar surface area (TPSA) is 16.4 Å². The molecule has 1 heterocycles.